The fourth-order valence-electron chi connectivity index (χ4n) is 3.55. The quantitative estimate of drug-likeness (QED) is 0.912. The molecule has 0 unspecified atom stereocenters. The van der Waals surface area contributed by atoms with Crippen molar-refractivity contribution in [1.29, 1.82) is 0 Å². The first kappa shape index (κ1) is 17.5. The van der Waals surface area contributed by atoms with E-state index in [-0.39, 0.29) is 17.9 Å². The Bertz CT molecular complexity index is 699. The molecule has 1 heterocycles. The predicted octanol–water partition coefficient (Wildman–Crippen LogP) is 3.10. The Hall–Kier alpha value is -2.33. The minimum absolute atomic E-state index is 0.0127. The van der Waals surface area contributed by atoms with Gasteiger partial charge in [0.2, 0.25) is 0 Å². The Balaban J connectivity index is 1.69. The summed E-state index contributed by atoms with van der Waals surface area (Å²) < 4.78 is 0. The van der Waals surface area contributed by atoms with Crippen LogP contribution in [0.3, 0.4) is 0 Å². The molecule has 2 aromatic rings. The summed E-state index contributed by atoms with van der Waals surface area (Å²) >= 11 is 0. The second-order valence-corrected chi connectivity index (χ2v) is 6.86. The lowest BCUT2D eigenvalue weighted by atomic mass is 9.95. The van der Waals surface area contributed by atoms with Gasteiger partial charge in [0, 0.05) is 49.9 Å². The van der Waals surface area contributed by atoms with Gasteiger partial charge in [0.25, 0.3) is 5.91 Å². The molecule has 1 amide bonds. The molecule has 4 heteroatoms. The average Bonchev–Trinajstić information content (AvgIpc) is 3.04. The molecule has 2 N–H and O–H groups in total. The van der Waals surface area contributed by atoms with E-state index in [9.17, 15) is 4.79 Å². The maximum Gasteiger partial charge on any atom is 0.253 e. The van der Waals surface area contributed by atoms with Crippen molar-refractivity contribution < 1.29 is 4.79 Å². The van der Waals surface area contributed by atoms with Crippen molar-refractivity contribution in [3.8, 4) is 0 Å². The fraction of sp³-hybridized carbons (Fsp3) is 0.381. The lowest BCUT2D eigenvalue weighted by Gasteiger charge is -2.20. The zero-order valence-electron chi connectivity index (χ0n) is 15.1. The Labute approximate surface area is 150 Å². The van der Waals surface area contributed by atoms with E-state index in [0.29, 0.717) is 13.1 Å². The molecule has 0 bridgehead atoms. The summed E-state index contributed by atoms with van der Waals surface area (Å²) in [6.07, 6.45) is 1.10. The summed E-state index contributed by atoms with van der Waals surface area (Å²) in [5, 5.41) is 0. The largest absolute Gasteiger partial charge is 0.375 e. The van der Waals surface area contributed by atoms with Gasteiger partial charge in [0.1, 0.15) is 0 Å². The van der Waals surface area contributed by atoms with Crippen molar-refractivity contribution in [2.24, 2.45) is 5.73 Å². The Morgan fingerprint density at radius 2 is 1.80 bits per heavy atom. The lowest BCUT2D eigenvalue weighted by molar-refractivity contribution is 0.0789. The van der Waals surface area contributed by atoms with Gasteiger partial charge in [0.05, 0.1) is 0 Å². The van der Waals surface area contributed by atoms with Crippen LogP contribution < -0.4 is 10.6 Å². The predicted molar refractivity (Wildman–Crippen MR) is 103 cm³/mol. The topological polar surface area (TPSA) is 49.6 Å². The maximum atomic E-state index is 12.8. The van der Waals surface area contributed by atoms with Gasteiger partial charge in [-0.05, 0) is 36.2 Å². The molecule has 0 radical (unpaired) electrons. The van der Waals surface area contributed by atoms with Crippen LogP contribution in [0.25, 0.3) is 0 Å². The van der Waals surface area contributed by atoms with Gasteiger partial charge >= 0.3 is 0 Å². The molecule has 1 aliphatic heterocycles. The van der Waals surface area contributed by atoms with Crippen LogP contribution in [0.15, 0.2) is 54.6 Å². The Morgan fingerprint density at radius 1 is 1.12 bits per heavy atom. The highest BCUT2D eigenvalue weighted by molar-refractivity contribution is 5.95. The molecule has 0 aliphatic carbocycles. The van der Waals surface area contributed by atoms with Gasteiger partial charge in [-0.1, -0.05) is 37.3 Å². The minimum Gasteiger partial charge on any atom is -0.375 e. The van der Waals surface area contributed by atoms with E-state index in [1.54, 1.807) is 0 Å². The lowest BCUT2D eigenvalue weighted by Crippen LogP contribution is -2.32. The molecule has 132 valence electrons. The number of amides is 1. The van der Waals surface area contributed by atoms with Crippen LogP contribution in [-0.2, 0) is 0 Å². The molecule has 1 aliphatic rings. The van der Waals surface area contributed by atoms with E-state index < -0.39 is 0 Å². The number of carbonyl (C=O) groups excluding carboxylic acids is 1. The Morgan fingerprint density at radius 3 is 2.44 bits per heavy atom. The number of nitrogens with two attached hydrogens (primary N) is 1. The van der Waals surface area contributed by atoms with E-state index in [4.69, 9.17) is 5.73 Å². The maximum absolute atomic E-state index is 12.8. The standard InChI is InChI=1S/C21H27N3O/c1-3-13-23(2)18-11-9-17(10-12-18)21(25)24-14-19(20(22)15-24)16-7-5-4-6-8-16/h4-12,19-20H,3,13-15,22H2,1-2H3/t19-,20+/m0/s1. The van der Waals surface area contributed by atoms with E-state index in [0.717, 1.165) is 24.2 Å². The molecule has 1 saturated heterocycles. The summed E-state index contributed by atoms with van der Waals surface area (Å²) in [6.45, 7) is 4.46. The molecule has 0 spiro atoms. The van der Waals surface area contributed by atoms with Crippen LogP contribution in [0.1, 0.15) is 35.2 Å². The molecular weight excluding hydrogens is 310 g/mol. The zero-order valence-corrected chi connectivity index (χ0v) is 15.1. The van der Waals surface area contributed by atoms with Crippen LogP contribution in [0.2, 0.25) is 0 Å². The van der Waals surface area contributed by atoms with E-state index >= 15 is 0 Å². The number of hydrogen-bond acceptors (Lipinski definition) is 3. The Kier molecular flexibility index (Phi) is 5.39. The third kappa shape index (κ3) is 3.85. The van der Waals surface area contributed by atoms with Crippen LogP contribution >= 0.6 is 0 Å². The van der Waals surface area contributed by atoms with E-state index in [1.807, 2.05) is 47.4 Å². The highest BCUT2D eigenvalue weighted by Crippen LogP contribution is 2.27. The molecule has 2 atom stereocenters. The zero-order chi connectivity index (χ0) is 17.8. The molecule has 2 aromatic carbocycles. The van der Waals surface area contributed by atoms with Gasteiger partial charge < -0.3 is 15.5 Å². The van der Waals surface area contributed by atoms with Crippen LogP contribution in [0.5, 0.6) is 0 Å². The smallest absolute Gasteiger partial charge is 0.253 e. The van der Waals surface area contributed by atoms with Gasteiger partial charge in [-0.25, -0.2) is 0 Å². The molecule has 1 fully saturated rings. The summed E-state index contributed by atoms with van der Waals surface area (Å²) in [4.78, 5) is 16.9. The minimum atomic E-state index is -0.0127. The summed E-state index contributed by atoms with van der Waals surface area (Å²) in [5.74, 6) is 0.277. The van der Waals surface area contributed by atoms with Gasteiger partial charge in [0.15, 0.2) is 0 Å². The number of anilines is 1. The van der Waals surface area contributed by atoms with Crippen LogP contribution in [-0.4, -0.2) is 43.5 Å². The molecular formula is C21H27N3O. The van der Waals surface area contributed by atoms with Crippen molar-refractivity contribution >= 4 is 11.6 Å². The average molecular weight is 337 g/mol. The van der Waals surface area contributed by atoms with Crippen LogP contribution in [0.4, 0.5) is 5.69 Å². The number of nitrogens with zero attached hydrogens (tertiary/aromatic N) is 2. The second kappa shape index (κ2) is 7.70. The third-order valence-corrected chi connectivity index (χ3v) is 4.99. The highest BCUT2D eigenvalue weighted by atomic mass is 16.2. The molecule has 25 heavy (non-hydrogen) atoms. The summed E-state index contributed by atoms with van der Waals surface area (Å²) in [6, 6.07) is 18.1. The van der Waals surface area contributed by atoms with Crippen molar-refractivity contribution in [3.63, 3.8) is 0 Å². The number of hydrogen-bond donors (Lipinski definition) is 1. The SMILES string of the molecule is CCCN(C)c1ccc(C(=O)N2C[C@@H](N)[C@H](c3ccccc3)C2)cc1. The van der Waals surface area contributed by atoms with Crippen molar-refractivity contribution in [3.05, 3.63) is 65.7 Å². The van der Waals surface area contributed by atoms with Crippen molar-refractivity contribution in [2.45, 2.75) is 25.3 Å². The molecule has 4 nitrogen and oxygen atoms in total. The number of carbonyl (C=O) groups is 1. The normalized spacial score (nSPS) is 19.9. The highest BCUT2D eigenvalue weighted by Gasteiger charge is 2.34. The van der Waals surface area contributed by atoms with Gasteiger partial charge in [-0.3, -0.25) is 4.79 Å². The first-order valence-corrected chi connectivity index (χ1v) is 9.01. The van der Waals surface area contributed by atoms with E-state index in [2.05, 4.69) is 31.0 Å². The fourth-order valence-corrected chi connectivity index (χ4v) is 3.55. The monoisotopic (exact) mass is 337 g/mol. The molecule has 3 rings (SSSR count). The number of benzene rings is 2. The second-order valence-electron chi connectivity index (χ2n) is 6.86. The number of likely N-dealkylation sites (tertiary alicyclic amines) is 1. The first-order chi connectivity index (χ1) is 12.1. The molecule has 0 aromatic heterocycles. The van der Waals surface area contributed by atoms with E-state index in [1.165, 1.54) is 5.56 Å². The van der Waals surface area contributed by atoms with Crippen molar-refractivity contribution in [2.75, 3.05) is 31.6 Å². The summed E-state index contributed by atoms with van der Waals surface area (Å²) in [5.41, 5.74) is 9.39. The molecule has 0 saturated carbocycles. The summed E-state index contributed by atoms with van der Waals surface area (Å²) in [7, 11) is 2.07. The van der Waals surface area contributed by atoms with Crippen molar-refractivity contribution in [1.82, 2.24) is 4.90 Å². The van der Waals surface area contributed by atoms with Gasteiger partial charge in [-0.15, -0.1) is 0 Å². The number of rotatable bonds is 5. The van der Waals surface area contributed by atoms with Crippen LogP contribution in [0, 0.1) is 0 Å². The van der Waals surface area contributed by atoms with Gasteiger partial charge in [-0.2, -0.15) is 0 Å². The first-order valence-electron chi connectivity index (χ1n) is 9.01. The third-order valence-electron chi connectivity index (χ3n) is 4.99.